The van der Waals surface area contributed by atoms with E-state index >= 15 is 0 Å². The van der Waals surface area contributed by atoms with Crippen molar-refractivity contribution in [1.29, 1.82) is 0 Å². The van der Waals surface area contributed by atoms with E-state index in [0.29, 0.717) is 5.92 Å². The summed E-state index contributed by atoms with van der Waals surface area (Å²) >= 11 is 0. The zero-order valence-electron chi connectivity index (χ0n) is 13.9. The van der Waals surface area contributed by atoms with Crippen molar-refractivity contribution in [2.75, 3.05) is 13.1 Å². The van der Waals surface area contributed by atoms with E-state index in [0.717, 1.165) is 61.5 Å². The maximum atomic E-state index is 12.9. The molecule has 1 aliphatic carbocycles. The van der Waals surface area contributed by atoms with Gasteiger partial charge in [0.2, 0.25) is 0 Å². The van der Waals surface area contributed by atoms with Crippen LogP contribution in [0, 0.1) is 6.92 Å². The summed E-state index contributed by atoms with van der Waals surface area (Å²) in [6.45, 7) is 3.39. The second-order valence-electron chi connectivity index (χ2n) is 6.68. The van der Waals surface area contributed by atoms with Crippen LogP contribution >= 0.6 is 0 Å². The van der Waals surface area contributed by atoms with Gasteiger partial charge in [0.1, 0.15) is 11.9 Å². The molecule has 2 aromatic heterocycles. The maximum absolute atomic E-state index is 12.9. The number of ether oxygens (including phenoxy) is 1. The molecule has 0 unspecified atom stereocenters. The van der Waals surface area contributed by atoms with Crippen molar-refractivity contribution in [3.63, 3.8) is 0 Å². The molecule has 1 saturated heterocycles. The van der Waals surface area contributed by atoms with Gasteiger partial charge in [-0.2, -0.15) is 5.10 Å². The van der Waals surface area contributed by atoms with Gasteiger partial charge in [-0.1, -0.05) is 0 Å². The Morgan fingerprint density at radius 3 is 2.58 bits per heavy atom. The Labute approximate surface area is 141 Å². The van der Waals surface area contributed by atoms with Crippen LogP contribution in [0.5, 0.6) is 5.75 Å². The van der Waals surface area contributed by atoms with Gasteiger partial charge in [0, 0.05) is 49.9 Å². The first-order chi connectivity index (χ1) is 11.7. The maximum Gasteiger partial charge on any atom is 0.257 e. The molecule has 3 heterocycles. The van der Waals surface area contributed by atoms with Crippen LogP contribution < -0.4 is 4.74 Å². The van der Waals surface area contributed by atoms with Crippen LogP contribution in [0.25, 0.3) is 0 Å². The second kappa shape index (κ2) is 6.26. The van der Waals surface area contributed by atoms with E-state index in [2.05, 4.69) is 15.2 Å². The monoisotopic (exact) mass is 326 g/mol. The van der Waals surface area contributed by atoms with Gasteiger partial charge in [0.05, 0.1) is 11.3 Å². The molecule has 4 rings (SSSR count). The van der Waals surface area contributed by atoms with E-state index in [1.807, 2.05) is 24.0 Å². The normalized spacial score (nSPS) is 18.6. The highest BCUT2D eigenvalue weighted by Crippen LogP contribution is 2.41. The molecule has 6 nitrogen and oxygen atoms in total. The predicted octanol–water partition coefficient (Wildman–Crippen LogP) is 2.67. The summed E-state index contributed by atoms with van der Waals surface area (Å²) < 4.78 is 5.97. The summed E-state index contributed by atoms with van der Waals surface area (Å²) in [5.74, 6) is 1.43. The number of hydrogen-bond acceptors (Lipinski definition) is 4. The third-order valence-corrected chi connectivity index (χ3v) is 4.83. The predicted molar refractivity (Wildman–Crippen MR) is 89.1 cm³/mol. The Morgan fingerprint density at radius 1 is 1.21 bits per heavy atom. The number of aryl methyl sites for hydroxylation is 1. The molecule has 6 heteroatoms. The number of amides is 1. The number of carbonyl (C=O) groups is 1. The molecule has 1 aliphatic heterocycles. The van der Waals surface area contributed by atoms with Crippen molar-refractivity contribution < 1.29 is 9.53 Å². The Kier molecular flexibility index (Phi) is 3.96. The molecule has 1 amide bonds. The standard InChI is InChI=1S/C18H22N4O2/c1-12-16(17(21-20-12)13-2-3-13)18(23)22-10-6-15(7-11-22)24-14-4-8-19-9-5-14/h4-5,8-9,13,15H,2-3,6-7,10-11H2,1H3,(H,20,21). The van der Waals surface area contributed by atoms with Crippen molar-refractivity contribution >= 4 is 5.91 Å². The third-order valence-electron chi connectivity index (χ3n) is 4.83. The lowest BCUT2D eigenvalue weighted by atomic mass is 10.0. The van der Waals surface area contributed by atoms with Gasteiger partial charge in [-0.15, -0.1) is 0 Å². The lowest BCUT2D eigenvalue weighted by Gasteiger charge is -2.32. The number of carbonyl (C=O) groups excluding carboxylic acids is 1. The molecule has 0 aromatic carbocycles. The van der Waals surface area contributed by atoms with Crippen LogP contribution in [0.2, 0.25) is 0 Å². The van der Waals surface area contributed by atoms with Crippen LogP contribution in [0.1, 0.15) is 53.3 Å². The first kappa shape index (κ1) is 15.2. The van der Waals surface area contributed by atoms with Gasteiger partial charge < -0.3 is 9.64 Å². The Balaban J connectivity index is 1.39. The van der Waals surface area contributed by atoms with Crippen molar-refractivity contribution in [3.8, 4) is 5.75 Å². The molecule has 126 valence electrons. The minimum absolute atomic E-state index is 0.116. The molecule has 2 fully saturated rings. The fraction of sp³-hybridized carbons (Fsp3) is 0.500. The Bertz CT molecular complexity index is 716. The van der Waals surface area contributed by atoms with Gasteiger partial charge in [-0.25, -0.2) is 0 Å². The SMILES string of the molecule is Cc1[nH]nc(C2CC2)c1C(=O)N1CCC(Oc2ccncc2)CC1. The molecular weight excluding hydrogens is 304 g/mol. The minimum Gasteiger partial charge on any atom is -0.490 e. The van der Waals surface area contributed by atoms with Crippen molar-refractivity contribution in [1.82, 2.24) is 20.1 Å². The lowest BCUT2D eigenvalue weighted by Crippen LogP contribution is -2.42. The largest absolute Gasteiger partial charge is 0.490 e. The van der Waals surface area contributed by atoms with Crippen molar-refractivity contribution in [2.45, 2.75) is 44.6 Å². The molecular formula is C18H22N4O2. The molecule has 0 bridgehead atoms. The molecule has 1 N–H and O–H groups in total. The van der Waals surface area contributed by atoms with Gasteiger partial charge in [0.25, 0.3) is 5.91 Å². The summed E-state index contributed by atoms with van der Waals surface area (Å²) in [7, 11) is 0. The van der Waals surface area contributed by atoms with Gasteiger partial charge in [-0.3, -0.25) is 14.9 Å². The molecule has 0 spiro atoms. The summed E-state index contributed by atoms with van der Waals surface area (Å²) in [5, 5.41) is 7.35. The van der Waals surface area contributed by atoms with E-state index in [-0.39, 0.29) is 12.0 Å². The average molecular weight is 326 g/mol. The van der Waals surface area contributed by atoms with E-state index in [1.165, 1.54) is 0 Å². The number of aromatic amines is 1. The van der Waals surface area contributed by atoms with Crippen LogP contribution in [-0.2, 0) is 0 Å². The molecule has 0 radical (unpaired) electrons. The highest BCUT2D eigenvalue weighted by molar-refractivity contribution is 5.96. The second-order valence-corrected chi connectivity index (χ2v) is 6.68. The van der Waals surface area contributed by atoms with Crippen LogP contribution in [-0.4, -0.2) is 45.2 Å². The van der Waals surface area contributed by atoms with E-state index in [4.69, 9.17) is 4.74 Å². The van der Waals surface area contributed by atoms with E-state index < -0.39 is 0 Å². The van der Waals surface area contributed by atoms with Crippen molar-refractivity contribution in [2.24, 2.45) is 0 Å². The number of hydrogen-bond donors (Lipinski definition) is 1. The lowest BCUT2D eigenvalue weighted by molar-refractivity contribution is 0.0594. The van der Waals surface area contributed by atoms with Crippen LogP contribution in [0.4, 0.5) is 0 Å². The molecule has 1 saturated carbocycles. The summed E-state index contributed by atoms with van der Waals surface area (Å²) in [6.07, 6.45) is 7.61. The fourth-order valence-corrected chi connectivity index (χ4v) is 3.31. The number of aromatic nitrogens is 3. The highest BCUT2D eigenvalue weighted by atomic mass is 16.5. The molecule has 24 heavy (non-hydrogen) atoms. The van der Waals surface area contributed by atoms with Gasteiger partial charge >= 0.3 is 0 Å². The van der Waals surface area contributed by atoms with Gasteiger partial charge in [-0.05, 0) is 31.9 Å². The number of nitrogens with zero attached hydrogens (tertiary/aromatic N) is 3. The zero-order valence-corrected chi connectivity index (χ0v) is 13.9. The first-order valence-electron chi connectivity index (χ1n) is 8.63. The molecule has 2 aliphatic rings. The van der Waals surface area contributed by atoms with Gasteiger partial charge in [0.15, 0.2) is 0 Å². The summed E-state index contributed by atoms with van der Waals surface area (Å²) in [6, 6.07) is 3.74. The zero-order chi connectivity index (χ0) is 16.5. The molecule has 2 aromatic rings. The topological polar surface area (TPSA) is 71.1 Å². The molecule has 0 atom stereocenters. The fourth-order valence-electron chi connectivity index (χ4n) is 3.31. The van der Waals surface area contributed by atoms with Crippen LogP contribution in [0.15, 0.2) is 24.5 Å². The first-order valence-corrected chi connectivity index (χ1v) is 8.63. The number of H-pyrrole nitrogens is 1. The van der Waals surface area contributed by atoms with Crippen molar-refractivity contribution in [3.05, 3.63) is 41.5 Å². The number of pyridine rings is 1. The number of piperidine rings is 1. The number of rotatable bonds is 4. The smallest absolute Gasteiger partial charge is 0.257 e. The Morgan fingerprint density at radius 2 is 1.92 bits per heavy atom. The van der Waals surface area contributed by atoms with E-state index in [9.17, 15) is 4.79 Å². The summed E-state index contributed by atoms with van der Waals surface area (Å²) in [5.41, 5.74) is 2.65. The third kappa shape index (κ3) is 3.00. The Hall–Kier alpha value is -2.37. The quantitative estimate of drug-likeness (QED) is 0.937. The highest BCUT2D eigenvalue weighted by Gasteiger charge is 2.34. The minimum atomic E-state index is 0.116. The number of likely N-dealkylation sites (tertiary alicyclic amines) is 1. The van der Waals surface area contributed by atoms with E-state index in [1.54, 1.807) is 12.4 Å². The average Bonchev–Trinajstić information content (AvgIpc) is 3.38. The van der Waals surface area contributed by atoms with Crippen LogP contribution in [0.3, 0.4) is 0 Å². The number of nitrogens with one attached hydrogen (secondary N) is 1. The summed E-state index contributed by atoms with van der Waals surface area (Å²) in [4.78, 5) is 18.9.